The molecule has 0 aromatic heterocycles. The SMILES string of the molecule is CCCCSCc1c(N)cccc1Br. The lowest BCUT2D eigenvalue weighted by Crippen LogP contribution is -1.94. The predicted octanol–water partition coefficient (Wildman–Crippen LogP) is 4.06. The second-order valence-electron chi connectivity index (χ2n) is 3.21. The van der Waals surface area contributed by atoms with Gasteiger partial charge in [-0.05, 0) is 29.9 Å². The molecule has 1 nitrogen and oxygen atoms in total. The Morgan fingerprint density at radius 1 is 1.43 bits per heavy atom. The Kier molecular flexibility index (Phi) is 5.41. The summed E-state index contributed by atoms with van der Waals surface area (Å²) in [6.07, 6.45) is 2.55. The van der Waals surface area contributed by atoms with Crippen molar-refractivity contribution < 1.29 is 0 Å². The van der Waals surface area contributed by atoms with Gasteiger partial charge in [-0.25, -0.2) is 0 Å². The molecule has 0 aliphatic carbocycles. The molecule has 0 spiro atoms. The van der Waals surface area contributed by atoms with Gasteiger partial charge in [-0.2, -0.15) is 11.8 Å². The second kappa shape index (κ2) is 6.36. The standard InChI is InChI=1S/C11H16BrNS/c1-2-3-7-14-8-9-10(12)5-4-6-11(9)13/h4-6H,2-3,7-8,13H2,1H3. The van der Waals surface area contributed by atoms with E-state index in [1.54, 1.807) is 0 Å². The molecule has 0 bridgehead atoms. The van der Waals surface area contributed by atoms with Crippen LogP contribution in [-0.2, 0) is 5.75 Å². The number of benzene rings is 1. The fourth-order valence-electron chi connectivity index (χ4n) is 1.15. The van der Waals surface area contributed by atoms with Crippen LogP contribution in [0, 0.1) is 0 Å². The van der Waals surface area contributed by atoms with Crippen LogP contribution < -0.4 is 5.73 Å². The smallest absolute Gasteiger partial charge is 0.0366 e. The third kappa shape index (κ3) is 3.54. The Balaban J connectivity index is 2.49. The molecule has 0 radical (unpaired) electrons. The van der Waals surface area contributed by atoms with Crippen molar-refractivity contribution in [3.63, 3.8) is 0 Å². The molecule has 0 saturated carbocycles. The van der Waals surface area contributed by atoms with Gasteiger partial charge in [-0.3, -0.25) is 0 Å². The fraction of sp³-hybridized carbons (Fsp3) is 0.455. The zero-order valence-electron chi connectivity index (χ0n) is 8.42. The maximum atomic E-state index is 5.89. The number of halogens is 1. The Hall–Kier alpha value is -0.150. The van der Waals surface area contributed by atoms with Gasteiger partial charge in [0, 0.05) is 15.9 Å². The van der Waals surface area contributed by atoms with Crippen LogP contribution in [0.25, 0.3) is 0 Å². The third-order valence-corrected chi connectivity index (χ3v) is 3.86. The van der Waals surface area contributed by atoms with Crippen LogP contribution >= 0.6 is 27.7 Å². The van der Waals surface area contributed by atoms with Gasteiger partial charge in [-0.1, -0.05) is 35.3 Å². The molecule has 0 aliphatic rings. The minimum atomic E-state index is 0.892. The quantitative estimate of drug-likeness (QED) is 0.647. The van der Waals surface area contributed by atoms with Gasteiger partial charge in [-0.15, -0.1) is 0 Å². The molecule has 14 heavy (non-hydrogen) atoms. The first-order valence-corrected chi connectivity index (χ1v) is 6.81. The van der Waals surface area contributed by atoms with Gasteiger partial charge in [0.2, 0.25) is 0 Å². The van der Waals surface area contributed by atoms with E-state index in [9.17, 15) is 0 Å². The highest BCUT2D eigenvalue weighted by atomic mass is 79.9. The van der Waals surface area contributed by atoms with Crippen LogP contribution in [-0.4, -0.2) is 5.75 Å². The number of nitrogens with two attached hydrogens (primary N) is 1. The van der Waals surface area contributed by atoms with Gasteiger partial charge < -0.3 is 5.73 Å². The van der Waals surface area contributed by atoms with Crippen molar-refractivity contribution in [3.05, 3.63) is 28.2 Å². The summed E-state index contributed by atoms with van der Waals surface area (Å²) in [6, 6.07) is 5.98. The molecule has 0 fully saturated rings. The minimum Gasteiger partial charge on any atom is -0.398 e. The summed E-state index contributed by atoms with van der Waals surface area (Å²) in [4.78, 5) is 0. The van der Waals surface area contributed by atoms with Gasteiger partial charge in [0.25, 0.3) is 0 Å². The maximum absolute atomic E-state index is 5.89. The van der Waals surface area contributed by atoms with Crippen LogP contribution in [0.2, 0.25) is 0 Å². The number of rotatable bonds is 5. The van der Waals surface area contributed by atoms with E-state index in [0.717, 1.165) is 15.9 Å². The molecule has 1 aromatic carbocycles. The molecule has 78 valence electrons. The van der Waals surface area contributed by atoms with Crippen molar-refractivity contribution in [2.24, 2.45) is 0 Å². The average Bonchev–Trinajstić information content (AvgIpc) is 2.16. The molecular formula is C11H16BrNS. The van der Waals surface area contributed by atoms with Crippen LogP contribution in [0.1, 0.15) is 25.3 Å². The maximum Gasteiger partial charge on any atom is 0.0366 e. The van der Waals surface area contributed by atoms with E-state index >= 15 is 0 Å². The Bertz CT molecular complexity index is 268. The number of hydrogen-bond acceptors (Lipinski definition) is 2. The molecule has 0 heterocycles. The van der Waals surface area contributed by atoms with Gasteiger partial charge in [0.1, 0.15) is 0 Å². The third-order valence-electron chi connectivity index (χ3n) is 2.04. The lowest BCUT2D eigenvalue weighted by atomic mass is 10.2. The summed E-state index contributed by atoms with van der Waals surface area (Å²) < 4.78 is 1.13. The van der Waals surface area contributed by atoms with Crippen LogP contribution in [0.15, 0.2) is 22.7 Å². The molecule has 0 amide bonds. The zero-order valence-corrected chi connectivity index (χ0v) is 10.8. The van der Waals surface area contributed by atoms with E-state index in [1.165, 1.54) is 24.2 Å². The largest absolute Gasteiger partial charge is 0.398 e. The first-order valence-electron chi connectivity index (χ1n) is 4.86. The van der Waals surface area contributed by atoms with E-state index in [4.69, 9.17) is 5.73 Å². The predicted molar refractivity (Wildman–Crippen MR) is 69.6 cm³/mol. The number of hydrogen-bond donors (Lipinski definition) is 1. The first-order chi connectivity index (χ1) is 6.75. The lowest BCUT2D eigenvalue weighted by Gasteiger charge is -2.07. The van der Waals surface area contributed by atoms with Crippen molar-refractivity contribution in [3.8, 4) is 0 Å². The molecule has 1 aromatic rings. The van der Waals surface area contributed by atoms with Crippen molar-refractivity contribution >= 4 is 33.4 Å². The van der Waals surface area contributed by atoms with E-state index in [2.05, 4.69) is 22.9 Å². The molecule has 3 heteroatoms. The fourth-order valence-corrected chi connectivity index (χ4v) is 3.02. The summed E-state index contributed by atoms with van der Waals surface area (Å²) in [5.74, 6) is 2.23. The van der Waals surface area contributed by atoms with Crippen molar-refractivity contribution in [2.45, 2.75) is 25.5 Å². The van der Waals surface area contributed by atoms with Crippen LogP contribution in [0.4, 0.5) is 5.69 Å². The molecule has 0 atom stereocenters. The van der Waals surface area contributed by atoms with Crippen molar-refractivity contribution in [1.29, 1.82) is 0 Å². The lowest BCUT2D eigenvalue weighted by molar-refractivity contribution is 0.896. The summed E-state index contributed by atoms with van der Waals surface area (Å²) >= 11 is 5.47. The summed E-state index contributed by atoms with van der Waals surface area (Å²) in [5, 5.41) is 0. The number of thioether (sulfide) groups is 1. The van der Waals surface area contributed by atoms with E-state index in [1.807, 2.05) is 30.0 Å². The molecule has 2 N–H and O–H groups in total. The Morgan fingerprint density at radius 3 is 2.86 bits per heavy atom. The second-order valence-corrected chi connectivity index (χ2v) is 5.17. The molecule has 0 aliphatic heterocycles. The van der Waals surface area contributed by atoms with Gasteiger partial charge in [0.15, 0.2) is 0 Å². The van der Waals surface area contributed by atoms with Crippen LogP contribution in [0.3, 0.4) is 0 Å². The van der Waals surface area contributed by atoms with Gasteiger partial charge >= 0.3 is 0 Å². The minimum absolute atomic E-state index is 0.892. The molecular weight excluding hydrogens is 258 g/mol. The normalized spacial score (nSPS) is 10.4. The topological polar surface area (TPSA) is 26.0 Å². The van der Waals surface area contributed by atoms with Crippen LogP contribution in [0.5, 0.6) is 0 Å². The number of anilines is 1. The van der Waals surface area contributed by atoms with Gasteiger partial charge in [0.05, 0.1) is 0 Å². The van der Waals surface area contributed by atoms with Crippen molar-refractivity contribution in [1.82, 2.24) is 0 Å². The molecule has 0 unspecified atom stereocenters. The van der Waals surface area contributed by atoms with E-state index in [0.29, 0.717) is 0 Å². The van der Waals surface area contributed by atoms with E-state index < -0.39 is 0 Å². The zero-order chi connectivity index (χ0) is 10.4. The highest BCUT2D eigenvalue weighted by molar-refractivity contribution is 9.10. The average molecular weight is 274 g/mol. The highest BCUT2D eigenvalue weighted by Gasteiger charge is 2.03. The van der Waals surface area contributed by atoms with Crippen molar-refractivity contribution in [2.75, 3.05) is 11.5 Å². The summed E-state index contributed by atoms with van der Waals surface area (Å²) in [7, 11) is 0. The first kappa shape index (κ1) is 11.9. The summed E-state index contributed by atoms with van der Waals surface area (Å²) in [6.45, 7) is 2.22. The molecule has 0 saturated heterocycles. The Morgan fingerprint density at radius 2 is 2.21 bits per heavy atom. The number of nitrogen functional groups attached to an aromatic ring is 1. The van der Waals surface area contributed by atoms with E-state index in [-0.39, 0.29) is 0 Å². The number of unbranched alkanes of at least 4 members (excludes halogenated alkanes) is 1. The monoisotopic (exact) mass is 273 g/mol. The molecule has 1 rings (SSSR count). The summed E-state index contributed by atoms with van der Waals surface area (Å²) in [5.41, 5.74) is 8.01. The Labute approximate surface area is 98.6 Å². The highest BCUT2D eigenvalue weighted by Crippen LogP contribution is 2.27.